The summed E-state index contributed by atoms with van der Waals surface area (Å²) >= 11 is 6.72. The molecule has 1 aromatic heterocycles. The monoisotopic (exact) mass is 645 g/mol. The smallest absolute Gasteiger partial charge is 0.319 e. The Morgan fingerprint density at radius 1 is 1.15 bits per heavy atom. The zero-order valence-corrected chi connectivity index (χ0v) is 27.5. The van der Waals surface area contributed by atoms with E-state index in [0.717, 1.165) is 59.5 Å². The summed E-state index contributed by atoms with van der Waals surface area (Å²) in [5, 5.41) is 12.4. The average molecular weight is 646 g/mol. The Morgan fingerprint density at radius 3 is 2.63 bits per heavy atom. The van der Waals surface area contributed by atoms with Crippen molar-refractivity contribution in [3.63, 3.8) is 0 Å². The average Bonchev–Trinajstić information content (AvgIpc) is 3.47. The number of hydrogen-bond acceptors (Lipinski definition) is 8. The maximum atomic E-state index is 13.9. The van der Waals surface area contributed by atoms with Gasteiger partial charge in [0.1, 0.15) is 11.9 Å². The molecule has 11 heteroatoms. The van der Waals surface area contributed by atoms with E-state index in [9.17, 15) is 14.4 Å². The van der Waals surface area contributed by atoms with Crippen LogP contribution in [0.1, 0.15) is 44.4 Å². The number of fused-ring (bicyclic) bond motifs is 2. The predicted molar refractivity (Wildman–Crippen MR) is 179 cm³/mol. The fourth-order valence-electron chi connectivity index (χ4n) is 7.33. The van der Waals surface area contributed by atoms with Gasteiger partial charge in [0.2, 0.25) is 0 Å². The minimum absolute atomic E-state index is 0.0746. The number of hydrogen-bond donors (Lipinski definition) is 0. The SMILES string of the molecule is C=C(F)C(=O)N1CCN(c2nc(OC(C(C)C)[C@@H]3CCCN3C)nc3c2CCN(c2cccc4cccc(Cl)c24)C3)C[C@@H]1CC#N. The number of likely N-dealkylation sites (N-methyl/N-ethyl adjacent to an activating group) is 1. The predicted octanol–water partition coefficient (Wildman–Crippen LogP) is 5.76. The van der Waals surface area contributed by atoms with Gasteiger partial charge in [0.15, 0.2) is 5.83 Å². The van der Waals surface area contributed by atoms with E-state index in [1.807, 2.05) is 12.1 Å². The zero-order chi connectivity index (χ0) is 32.5. The van der Waals surface area contributed by atoms with E-state index in [1.54, 1.807) is 0 Å². The number of ether oxygens (including phenoxy) is 1. The summed E-state index contributed by atoms with van der Waals surface area (Å²) in [4.78, 5) is 30.9. The van der Waals surface area contributed by atoms with Gasteiger partial charge in [-0.05, 0) is 56.3 Å². The number of nitriles is 1. The number of carbonyl (C=O) groups is 1. The Bertz CT molecular complexity index is 1670. The van der Waals surface area contributed by atoms with Crippen molar-refractivity contribution in [2.45, 2.75) is 64.3 Å². The molecule has 1 unspecified atom stereocenters. The Balaban J connectivity index is 1.38. The van der Waals surface area contributed by atoms with Crippen molar-refractivity contribution < 1.29 is 13.9 Å². The largest absolute Gasteiger partial charge is 0.458 e. The molecule has 3 atom stereocenters. The van der Waals surface area contributed by atoms with E-state index in [0.29, 0.717) is 37.1 Å². The third-order valence-electron chi connectivity index (χ3n) is 9.65. The maximum absolute atomic E-state index is 13.9. The molecule has 0 spiro atoms. The van der Waals surface area contributed by atoms with Gasteiger partial charge in [0.25, 0.3) is 5.91 Å². The number of nitrogens with zero attached hydrogens (tertiary/aromatic N) is 7. The zero-order valence-electron chi connectivity index (χ0n) is 26.8. The molecule has 0 N–H and O–H groups in total. The lowest BCUT2D eigenvalue weighted by molar-refractivity contribution is -0.131. The number of rotatable bonds is 8. The first-order chi connectivity index (χ1) is 22.2. The Kier molecular flexibility index (Phi) is 9.34. The molecule has 2 fully saturated rings. The van der Waals surface area contributed by atoms with Crippen LogP contribution in [0, 0.1) is 17.2 Å². The van der Waals surface area contributed by atoms with E-state index in [2.05, 4.69) is 72.5 Å². The van der Waals surface area contributed by atoms with Crippen LogP contribution in [0.3, 0.4) is 0 Å². The van der Waals surface area contributed by atoms with Gasteiger partial charge in [-0.15, -0.1) is 0 Å². The molecule has 0 aliphatic carbocycles. The molecule has 0 bridgehead atoms. The highest BCUT2D eigenvalue weighted by atomic mass is 35.5. The van der Waals surface area contributed by atoms with E-state index < -0.39 is 17.8 Å². The number of aromatic nitrogens is 2. The second-order valence-electron chi connectivity index (χ2n) is 12.9. The summed E-state index contributed by atoms with van der Waals surface area (Å²) in [5.74, 6) is -0.784. The third-order valence-corrected chi connectivity index (χ3v) is 9.97. The van der Waals surface area contributed by atoms with Gasteiger partial charge in [-0.2, -0.15) is 15.2 Å². The number of piperazine rings is 1. The van der Waals surface area contributed by atoms with E-state index in [-0.39, 0.29) is 31.0 Å². The van der Waals surface area contributed by atoms with Crippen LogP contribution in [0.4, 0.5) is 15.9 Å². The fraction of sp³-hybridized carbons (Fsp3) is 0.486. The van der Waals surface area contributed by atoms with Crippen molar-refractivity contribution in [1.82, 2.24) is 19.8 Å². The van der Waals surface area contributed by atoms with Crippen molar-refractivity contribution >= 4 is 39.8 Å². The molecule has 242 valence electrons. The Morgan fingerprint density at radius 2 is 1.93 bits per heavy atom. The summed E-state index contributed by atoms with van der Waals surface area (Å²) < 4.78 is 20.6. The number of amides is 1. The highest BCUT2D eigenvalue weighted by Gasteiger charge is 2.37. The first-order valence-corrected chi connectivity index (χ1v) is 16.5. The molecule has 2 aromatic carbocycles. The highest BCUT2D eigenvalue weighted by molar-refractivity contribution is 6.36. The molecule has 4 heterocycles. The Labute approximate surface area is 275 Å². The number of benzene rings is 2. The molecule has 3 aliphatic heterocycles. The maximum Gasteiger partial charge on any atom is 0.319 e. The van der Waals surface area contributed by atoms with Gasteiger partial charge in [0.05, 0.1) is 35.8 Å². The Hall–Kier alpha value is -3.94. The summed E-state index contributed by atoms with van der Waals surface area (Å²) in [5.41, 5.74) is 2.96. The van der Waals surface area contributed by atoms with Crippen LogP contribution in [-0.2, 0) is 17.8 Å². The quantitative estimate of drug-likeness (QED) is 0.286. The van der Waals surface area contributed by atoms with Crippen molar-refractivity contribution in [3.05, 3.63) is 65.1 Å². The van der Waals surface area contributed by atoms with E-state index in [4.69, 9.17) is 26.3 Å². The fourth-order valence-corrected chi connectivity index (χ4v) is 7.61. The first kappa shape index (κ1) is 32.0. The van der Waals surface area contributed by atoms with Gasteiger partial charge in [0, 0.05) is 48.9 Å². The molecule has 3 aromatic rings. The third kappa shape index (κ3) is 6.23. The molecule has 0 radical (unpaired) electrons. The number of likely N-dealkylation sites (tertiary alicyclic amines) is 1. The van der Waals surface area contributed by atoms with Gasteiger partial charge in [-0.25, -0.2) is 4.39 Å². The molecule has 0 saturated carbocycles. The van der Waals surface area contributed by atoms with Crippen molar-refractivity contribution in [2.75, 3.05) is 49.6 Å². The summed E-state index contributed by atoms with van der Waals surface area (Å²) in [7, 11) is 2.14. The van der Waals surface area contributed by atoms with Gasteiger partial charge in [-0.1, -0.05) is 56.3 Å². The van der Waals surface area contributed by atoms with Crippen molar-refractivity contribution in [3.8, 4) is 12.1 Å². The molecule has 9 nitrogen and oxygen atoms in total. The summed E-state index contributed by atoms with van der Waals surface area (Å²) in [6, 6.07) is 14.5. The molecule has 2 saturated heterocycles. The minimum Gasteiger partial charge on any atom is -0.458 e. The minimum atomic E-state index is -1.02. The van der Waals surface area contributed by atoms with Crippen molar-refractivity contribution in [2.24, 2.45) is 5.92 Å². The van der Waals surface area contributed by atoms with Gasteiger partial charge in [-0.3, -0.25) is 9.69 Å². The van der Waals surface area contributed by atoms with Crippen LogP contribution >= 0.6 is 11.6 Å². The summed E-state index contributed by atoms with van der Waals surface area (Å²) in [6.07, 6.45) is 2.85. The van der Waals surface area contributed by atoms with Crippen LogP contribution in [-0.4, -0.2) is 83.6 Å². The van der Waals surface area contributed by atoms with E-state index >= 15 is 0 Å². The van der Waals surface area contributed by atoms with Crippen molar-refractivity contribution in [1.29, 1.82) is 5.26 Å². The molecule has 1 amide bonds. The molecule has 3 aliphatic rings. The topological polar surface area (TPSA) is 88.8 Å². The highest BCUT2D eigenvalue weighted by Crippen LogP contribution is 2.38. The normalized spacial score (nSPS) is 20.9. The number of anilines is 2. The lowest BCUT2D eigenvalue weighted by Crippen LogP contribution is -2.55. The van der Waals surface area contributed by atoms with Crippen LogP contribution in [0.5, 0.6) is 6.01 Å². The van der Waals surface area contributed by atoms with Gasteiger partial charge < -0.3 is 19.4 Å². The van der Waals surface area contributed by atoms with Crippen LogP contribution < -0.4 is 14.5 Å². The molecular formula is C35H41ClFN7O2. The standard InChI is InChI=1S/C35H41ClFN7O2/c1-22(2)32(30-12-7-16-41(30)4)46-35-39-28-21-42(29-11-6-9-24-8-5-10-27(36)31(24)29)17-14-26(28)33(40-35)43-18-19-44(34(45)23(3)37)25(20-43)13-15-38/h5-6,8-11,22,25,30,32H,3,7,12-14,16-21H2,1-2,4H3/t25-,30-,32?/m0/s1. The lowest BCUT2D eigenvalue weighted by Gasteiger charge is -2.42. The number of carbonyl (C=O) groups excluding carboxylic acids is 1. The second kappa shape index (κ2) is 13.4. The van der Waals surface area contributed by atoms with Crippen LogP contribution in [0.2, 0.25) is 5.02 Å². The lowest BCUT2D eigenvalue weighted by atomic mass is 9.97. The first-order valence-electron chi connectivity index (χ1n) is 16.1. The molecular weight excluding hydrogens is 605 g/mol. The molecule has 6 rings (SSSR count). The van der Waals surface area contributed by atoms with Gasteiger partial charge >= 0.3 is 6.01 Å². The van der Waals surface area contributed by atoms with E-state index in [1.165, 1.54) is 4.90 Å². The number of halogens is 2. The van der Waals surface area contributed by atoms with Crippen LogP contribution in [0.15, 0.2) is 48.8 Å². The molecule has 46 heavy (non-hydrogen) atoms. The second-order valence-corrected chi connectivity index (χ2v) is 13.3. The summed E-state index contributed by atoms with van der Waals surface area (Å²) in [6.45, 7) is 10.9. The van der Waals surface area contributed by atoms with Crippen LogP contribution in [0.25, 0.3) is 10.8 Å².